The summed E-state index contributed by atoms with van der Waals surface area (Å²) in [5, 5.41) is 2.89. The minimum Gasteiger partial charge on any atom is -0.448 e. The summed E-state index contributed by atoms with van der Waals surface area (Å²) in [6.45, 7) is 0. The lowest BCUT2D eigenvalue weighted by atomic mass is 10.0. The number of benzene rings is 1. The van der Waals surface area contributed by atoms with Gasteiger partial charge in [0, 0.05) is 5.56 Å². The molecule has 6 heteroatoms. The van der Waals surface area contributed by atoms with Crippen LogP contribution in [0.3, 0.4) is 0 Å². The molecule has 2 nitrogen and oxygen atoms in total. The average molecular weight is 276 g/mol. The first-order valence-corrected chi connectivity index (χ1v) is 5.48. The second-order valence-electron chi connectivity index (χ2n) is 3.63. The highest BCUT2D eigenvalue weighted by Crippen LogP contribution is 2.28. The molecule has 0 fully saturated rings. The van der Waals surface area contributed by atoms with Gasteiger partial charge < -0.3 is 9.73 Å². The summed E-state index contributed by atoms with van der Waals surface area (Å²) < 4.78 is 44.8. The van der Waals surface area contributed by atoms with Gasteiger partial charge in [0.15, 0.2) is 22.7 Å². The predicted molar refractivity (Wildman–Crippen MR) is 60.9 cm³/mol. The maximum atomic E-state index is 13.7. The smallest absolute Gasteiger partial charge is 0.194 e. The standard InChI is InChI=1S/C12H9ClF3NO/c1-17-12(8-4-5-9(13)18-8)6-2-3-7(14)11(16)10(6)15/h2-5,12,17H,1H3. The van der Waals surface area contributed by atoms with Gasteiger partial charge in [0.05, 0.1) is 6.04 Å². The van der Waals surface area contributed by atoms with Crippen molar-refractivity contribution >= 4 is 11.6 Å². The Kier molecular flexibility index (Phi) is 3.63. The first kappa shape index (κ1) is 13.0. The Hall–Kier alpha value is -1.46. The van der Waals surface area contributed by atoms with Crippen molar-refractivity contribution in [2.75, 3.05) is 7.05 Å². The maximum Gasteiger partial charge on any atom is 0.194 e. The fraction of sp³-hybridized carbons (Fsp3) is 0.167. The van der Waals surface area contributed by atoms with Gasteiger partial charge in [-0.3, -0.25) is 0 Å². The molecule has 1 aromatic heterocycles. The first-order valence-electron chi connectivity index (χ1n) is 5.10. The van der Waals surface area contributed by atoms with E-state index in [1.54, 1.807) is 7.05 Å². The normalized spacial score (nSPS) is 12.7. The van der Waals surface area contributed by atoms with Crippen LogP contribution in [0.2, 0.25) is 5.22 Å². The number of halogens is 4. The molecule has 0 amide bonds. The number of hydrogen-bond donors (Lipinski definition) is 1. The summed E-state index contributed by atoms with van der Waals surface area (Å²) >= 11 is 5.62. The molecule has 1 atom stereocenters. The van der Waals surface area contributed by atoms with Crippen LogP contribution in [0.15, 0.2) is 28.7 Å². The third-order valence-corrected chi connectivity index (χ3v) is 2.75. The Morgan fingerprint density at radius 2 is 1.83 bits per heavy atom. The lowest BCUT2D eigenvalue weighted by Gasteiger charge is -2.15. The summed E-state index contributed by atoms with van der Waals surface area (Å²) in [5.74, 6) is -3.68. The van der Waals surface area contributed by atoms with Crippen molar-refractivity contribution < 1.29 is 17.6 Å². The highest BCUT2D eigenvalue weighted by atomic mass is 35.5. The van der Waals surface area contributed by atoms with Gasteiger partial charge in [0.2, 0.25) is 0 Å². The van der Waals surface area contributed by atoms with E-state index in [1.165, 1.54) is 12.1 Å². The SMILES string of the molecule is CNC(c1ccc(Cl)o1)c1ccc(F)c(F)c1F. The zero-order chi connectivity index (χ0) is 13.3. The zero-order valence-electron chi connectivity index (χ0n) is 9.31. The van der Waals surface area contributed by atoms with E-state index in [0.29, 0.717) is 5.76 Å². The molecule has 1 unspecified atom stereocenters. The molecule has 0 aliphatic rings. The molecular formula is C12H9ClF3NO. The third-order valence-electron chi connectivity index (χ3n) is 2.54. The molecule has 0 aliphatic carbocycles. The van der Waals surface area contributed by atoms with Gasteiger partial charge in [0.25, 0.3) is 0 Å². The molecule has 0 radical (unpaired) electrons. The highest BCUT2D eigenvalue weighted by Gasteiger charge is 2.23. The molecule has 18 heavy (non-hydrogen) atoms. The molecule has 0 bridgehead atoms. The third kappa shape index (κ3) is 2.23. The largest absolute Gasteiger partial charge is 0.448 e. The van der Waals surface area contributed by atoms with E-state index in [0.717, 1.165) is 12.1 Å². The summed E-state index contributed by atoms with van der Waals surface area (Å²) in [7, 11) is 1.54. The van der Waals surface area contributed by atoms with Crippen LogP contribution in [0, 0.1) is 17.5 Å². The van der Waals surface area contributed by atoms with Crippen molar-refractivity contribution in [3.8, 4) is 0 Å². The molecule has 1 aromatic carbocycles. The molecular weight excluding hydrogens is 267 g/mol. The van der Waals surface area contributed by atoms with Crippen LogP contribution in [0.25, 0.3) is 0 Å². The Balaban J connectivity index is 2.49. The molecule has 2 rings (SSSR count). The van der Waals surface area contributed by atoms with Gasteiger partial charge in [-0.1, -0.05) is 6.07 Å². The van der Waals surface area contributed by atoms with Crippen LogP contribution in [-0.4, -0.2) is 7.05 Å². The van der Waals surface area contributed by atoms with E-state index < -0.39 is 23.5 Å². The number of furan rings is 1. The monoisotopic (exact) mass is 275 g/mol. The molecule has 96 valence electrons. The quantitative estimate of drug-likeness (QED) is 0.865. The maximum absolute atomic E-state index is 13.7. The van der Waals surface area contributed by atoms with Crippen molar-refractivity contribution in [1.29, 1.82) is 0 Å². The zero-order valence-corrected chi connectivity index (χ0v) is 10.1. The lowest BCUT2D eigenvalue weighted by Crippen LogP contribution is -2.19. The van der Waals surface area contributed by atoms with Gasteiger partial charge in [-0.2, -0.15) is 0 Å². The fourth-order valence-electron chi connectivity index (χ4n) is 1.70. The summed E-state index contributed by atoms with van der Waals surface area (Å²) in [6, 6.07) is 4.30. The first-order chi connectivity index (χ1) is 8.54. The van der Waals surface area contributed by atoms with E-state index in [4.69, 9.17) is 16.0 Å². The Bertz CT molecular complexity index is 570. The van der Waals surface area contributed by atoms with Crippen LogP contribution in [0.5, 0.6) is 0 Å². The Morgan fingerprint density at radius 1 is 1.11 bits per heavy atom. The molecule has 1 heterocycles. The van der Waals surface area contributed by atoms with Crippen molar-refractivity contribution in [3.05, 3.63) is 58.3 Å². The molecule has 0 spiro atoms. The molecule has 0 saturated carbocycles. The molecule has 0 aliphatic heterocycles. The molecule has 1 N–H and O–H groups in total. The van der Waals surface area contributed by atoms with E-state index in [2.05, 4.69) is 5.32 Å². The van der Waals surface area contributed by atoms with Crippen molar-refractivity contribution in [1.82, 2.24) is 5.32 Å². The Labute approximate surface area is 106 Å². The number of rotatable bonds is 3. The molecule has 2 aromatic rings. The van der Waals surface area contributed by atoms with Crippen LogP contribution >= 0.6 is 11.6 Å². The number of hydrogen-bond acceptors (Lipinski definition) is 2. The van der Waals surface area contributed by atoms with E-state index in [9.17, 15) is 13.2 Å². The van der Waals surface area contributed by atoms with E-state index in [1.807, 2.05) is 0 Å². The minimum absolute atomic E-state index is 0.0533. The minimum atomic E-state index is -1.51. The van der Waals surface area contributed by atoms with Gasteiger partial charge in [-0.05, 0) is 36.8 Å². The van der Waals surface area contributed by atoms with Crippen LogP contribution in [-0.2, 0) is 0 Å². The van der Waals surface area contributed by atoms with Crippen LogP contribution < -0.4 is 5.32 Å². The number of nitrogens with one attached hydrogen (secondary N) is 1. The van der Waals surface area contributed by atoms with Gasteiger partial charge in [0.1, 0.15) is 5.76 Å². The topological polar surface area (TPSA) is 25.2 Å². The average Bonchev–Trinajstić information content (AvgIpc) is 2.77. The van der Waals surface area contributed by atoms with Gasteiger partial charge in [-0.15, -0.1) is 0 Å². The fourth-order valence-corrected chi connectivity index (χ4v) is 1.85. The highest BCUT2D eigenvalue weighted by molar-refractivity contribution is 6.28. The van der Waals surface area contributed by atoms with Crippen molar-refractivity contribution in [2.24, 2.45) is 0 Å². The second-order valence-corrected chi connectivity index (χ2v) is 4.00. The summed E-state index contributed by atoms with van der Waals surface area (Å²) in [4.78, 5) is 0. The van der Waals surface area contributed by atoms with Crippen molar-refractivity contribution in [2.45, 2.75) is 6.04 Å². The van der Waals surface area contributed by atoms with Gasteiger partial charge >= 0.3 is 0 Å². The molecule has 0 saturated heterocycles. The second kappa shape index (κ2) is 5.04. The predicted octanol–water partition coefficient (Wildman–Crippen LogP) is 3.66. The van der Waals surface area contributed by atoms with Crippen LogP contribution in [0.1, 0.15) is 17.4 Å². The van der Waals surface area contributed by atoms with Crippen molar-refractivity contribution in [3.63, 3.8) is 0 Å². The summed E-state index contributed by atoms with van der Waals surface area (Å²) in [6.07, 6.45) is 0. The summed E-state index contributed by atoms with van der Waals surface area (Å²) in [5.41, 5.74) is -0.0533. The van der Waals surface area contributed by atoms with E-state index in [-0.39, 0.29) is 10.8 Å². The Morgan fingerprint density at radius 3 is 2.39 bits per heavy atom. The van der Waals surface area contributed by atoms with E-state index >= 15 is 0 Å². The lowest BCUT2D eigenvalue weighted by molar-refractivity contribution is 0.418. The van der Waals surface area contributed by atoms with Gasteiger partial charge in [-0.25, -0.2) is 13.2 Å². The van der Waals surface area contributed by atoms with Crippen LogP contribution in [0.4, 0.5) is 13.2 Å².